The Labute approximate surface area is 157 Å². The van der Waals surface area contributed by atoms with Crippen LogP contribution in [0.2, 0.25) is 0 Å². The maximum atomic E-state index is 12.0. The second kappa shape index (κ2) is 9.72. The number of nitro benzene ring substituents is 1. The van der Waals surface area contributed by atoms with E-state index in [1.54, 1.807) is 25.1 Å². The number of ether oxygens (including phenoxy) is 2. The van der Waals surface area contributed by atoms with Gasteiger partial charge < -0.3 is 19.2 Å². The zero-order chi connectivity index (χ0) is 19.8. The number of carbonyl (C=O) groups excluding carboxylic acids is 1. The molecule has 0 atom stereocenters. The van der Waals surface area contributed by atoms with Crippen molar-refractivity contribution >= 4 is 11.6 Å². The van der Waals surface area contributed by atoms with Crippen LogP contribution in [0.15, 0.2) is 34.7 Å². The third kappa shape index (κ3) is 6.41. The minimum absolute atomic E-state index is 0.0399. The maximum Gasteiger partial charge on any atom is 0.286 e. The largest absolute Gasteiger partial charge is 0.486 e. The molecule has 1 aromatic carbocycles. The van der Waals surface area contributed by atoms with Gasteiger partial charge >= 0.3 is 0 Å². The zero-order valence-electron chi connectivity index (χ0n) is 15.7. The van der Waals surface area contributed by atoms with Crippen LogP contribution in [0.1, 0.15) is 42.1 Å². The average Bonchev–Trinajstić information content (AvgIpc) is 3.08. The molecule has 8 heteroatoms. The Bertz CT molecular complexity index is 784. The molecule has 2 aromatic rings. The molecule has 0 bridgehead atoms. The molecule has 0 aliphatic heterocycles. The van der Waals surface area contributed by atoms with Crippen molar-refractivity contribution in [3.63, 3.8) is 0 Å². The minimum Gasteiger partial charge on any atom is -0.486 e. The first-order chi connectivity index (χ1) is 12.9. The molecule has 0 radical (unpaired) electrons. The lowest BCUT2D eigenvalue weighted by Gasteiger charge is -2.07. The van der Waals surface area contributed by atoms with Crippen molar-refractivity contribution in [1.29, 1.82) is 0 Å². The fraction of sp³-hybridized carbons (Fsp3) is 0.421. The fourth-order valence-corrected chi connectivity index (χ4v) is 2.33. The minimum atomic E-state index is -0.439. The van der Waals surface area contributed by atoms with Gasteiger partial charge in [0.1, 0.15) is 18.1 Å². The molecule has 27 heavy (non-hydrogen) atoms. The van der Waals surface area contributed by atoms with Crippen LogP contribution in [0.5, 0.6) is 5.75 Å². The Morgan fingerprint density at radius 3 is 2.74 bits per heavy atom. The molecule has 1 aromatic heterocycles. The number of aryl methyl sites for hydroxylation is 1. The van der Waals surface area contributed by atoms with Gasteiger partial charge in [0.05, 0.1) is 11.0 Å². The van der Waals surface area contributed by atoms with Crippen molar-refractivity contribution < 1.29 is 23.6 Å². The van der Waals surface area contributed by atoms with E-state index in [0.717, 1.165) is 6.42 Å². The van der Waals surface area contributed by atoms with Gasteiger partial charge in [-0.05, 0) is 51.5 Å². The second-order valence-electron chi connectivity index (χ2n) is 6.29. The van der Waals surface area contributed by atoms with Crippen molar-refractivity contribution in [2.24, 2.45) is 0 Å². The van der Waals surface area contributed by atoms with Gasteiger partial charge in [0.2, 0.25) is 0 Å². The van der Waals surface area contributed by atoms with E-state index in [0.29, 0.717) is 30.2 Å². The molecule has 0 spiro atoms. The average molecular weight is 376 g/mol. The summed E-state index contributed by atoms with van der Waals surface area (Å²) in [6.07, 6.45) is 0.896. The fourth-order valence-electron chi connectivity index (χ4n) is 2.33. The van der Waals surface area contributed by atoms with Gasteiger partial charge in [-0.3, -0.25) is 14.9 Å². The zero-order valence-corrected chi connectivity index (χ0v) is 15.7. The monoisotopic (exact) mass is 376 g/mol. The molecule has 0 unspecified atom stereocenters. The molecule has 0 aliphatic rings. The molecule has 1 amide bonds. The number of amides is 1. The molecule has 1 heterocycles. The van der Waals surface area contributed by atoms with Crippen molar-refractivity contribution in [1.82, 2.24) is 5.32 Å². The summed E-state index contributed by atoms with van der Waals surface area (Å²) in [7, 11) is 0. The molecule has 146 valence electrons. The van der Waals surface area contributed by atoms with E-state index in [1.165, 1.54) is 12.1 Å². The maximum absolute atomic E-state index is 12.0. The van der Waals surface area contributed by atoms with Crippen LogP contribution in [0.4, 0.5) is 5.69 Å². The lowest BCUT2D eigenvalue weighted by atomic mass is 10.2. The highest BCUT2D eigenvalue weighted by atomic mass is 16.6. The van der Waals surface area contributed by atoms with E-state index in [1.807, 2.05) is 13.8 Å². The Morgan fingerprint density at radius 1 is 1.30 bits per heavy atom. The molecular formula is C19H24N2O6. The Balaban J connectivity index is 1.81. The third-order valence-corrected chi connectivity index (χ3v) is 3.69. The number of nitrogens with one attached hydrogen (secondary N) is 1. The van der Waals surface area contributed by atoms with Crippen LogP contribution < -0.4 is 10.1 Å². The predicted octanol–water partition coefficient (Wildman–Crippen LogP) is 3.62. The second-order valence-corrected chi connectivity index (χ2v) is 6.29. The molecule has 0 saturated heterocycles. The number of hydrogen-bond donors (Lipinski definition) is 1. The molecule has 2 rings (SSSR count). The summed E-state index contributed by atoms with van der Waals surface area (Å²) in [5, 5.41) is 13.6. The highest BCUT2D eigenvalue weighted by Gasteiger charge is 2.13. The number of rotatable bonds is 10. The number of carbonyl (C=O) groups is 1. The standard InChI is InChI=1S/C19H24N2O6/c1-13(2)25-10-4-9-20-19(22)18-8-6-16(27-18)12-26-15-5-7-17(21(23)24)14(3)11-15/h5-8,11,13H,4,9-10,12H2,1-3H3,(H,20,22). The first-order valence-corrected chi connectivity index (χ1v) is 8.73. The van der Waals surface area contributed by atoms with E-state index in [9.17, 15) is 14.9 Å². The lowest BCUT2D eigenvalue weighted by molar-refractivity contribution is -0.385. The summed E-state index contributed by atoms with van der Waals surface area (Å²) in [6, 6.07) is 7.76. The molecule has 1 N–H and O–H groups in total. The van der Waals surface area contributed by atoms with Crippen LogP contribution in [-0.4, -0.2) is 30.1 Å². The SMILES string of the molecule is Cc1cc(OCc2ccc(C(=O)NCCCOC(C)C)o2)ccc1[N+](=O)[O-]. The summed E-state index contributed by atoms with van der Waals surface area (Å²) in [5.74, 6) is 0.889. The highest BCUT2D eigenvalue weighted by Crippen LogP contribution is 2.23. The topological polar surface area (TPSA) is 104 Å². The number of benzene rings is 1. The van der Waals surface area contributed by atoms with Crippen LogP contribution in [0.3, 0.4) is 0 Å². The van der Waals surface area contributed by atoms with Gasteiger partial charge in [0, 0.05) is 24.8 Å². The van der Waals surface area contributed by atoms with Crippen LogP contribution >= 0.6 is 0 Å². The van der Waals surface area contributed by atoms with Crippen LogP contribution in [-0.2, 0) is 11.3 Å². The number of nitrogens with zero attached hydrogens (tertiary/aromatic N) is 1. The molecule has 0 aliphatic carbocycles. The van der Waals surface area contributed by atoms with E-state index in [2.05, 4.69) is 5.32 Å². The molecule has 0 fully saturated rings. The van der Waals surface area contributed by atoms with Crippen LogP contribution in [0, 0.1) is 17.0 Å². The van der Waals surface area contributed by atoms with Gasteiger partial charge in [-0.15, -0.1) is 0 Å². The van der Waals surface area contributed by atoms with Gasteiger partial charge in [0.25, 0.3) is 11.6 Å². The molecular weight excluding hydrogens is 352 g/mol. The van der Waals surface area contributed by atoms with E-state index in [4.69, 9.17) is 13.9 Å². The molecule has 8 nitrogen and oxygen atoms in total. The highest BCUT2D eigenvalue weighted by molar-refractivity contribution is 5.91. The van der Waals surface area contributed by atoms with Gasteiger partial charge in [-0.1, -0.05) is 0 Å². The third-order valence-electron chi connectivity index (χ3n) is 3.69. The smallest absolute Gasteiger partial charge is 0.286 e. The summed E-state index contributed by atoms with van der Waals surface area (Å²) in [6.45, 7) is 6.77. The van der Waals surface area contributed by atoms with Crippen molar-refractivity contribution in [3.8, 4) is 5.75 Å². The summed E-state index contributed by atoms with van der Waals surface area (Å²) in [5.41, 5.74) is 0.552. The number of furan rings is 1. The number of nitro groups is 1. The first kappa shape index (κ1) is 20.4. The van der Waals surface area contributed by atoms with Gasteiger partial charge in [0.15, 0.2) is 5.76 Å². The van der Waals surface area contributed by atoms with Gasteiger partial charge in [-0.2, -0.15) is 0 Å². The molecule has 0 saturated carbocycles. The summed E-state index contributed by atoms with van der Waals surface area (Å²) in [4.78, 5) is 22.4. The van der Waals surface area contributed by atoms with Crippen molar-refractivity contribution in [3.05, 3.63) is 57.5 Å². The summed E-state index contributed by atoms with van der Waals surface area (Å²) >= 11 is 0. The predicted molar refractivity (Wildman–Crippen MR) is 98.9 cm³/mol. The quantitative estimate of drug-likeness (QED) is 0.386. The normalized spacial score (nSPS) is 10.8. The van der Waals surface area contributed by atoms with Crippen LogP contribution in [0.25, 0.3) is 0 Å². The Morgan fingerprint density at radius 2 is 2.07 bits per heavy atom. The van der Waals surface area contributed by atoms with Gasteiger partial charge in [-0.25, -0.2) is 0 Å². The Hall–Kier alpha value is -2.87. The van der Waals surface area contributed by atoms with E-state index >= 15 is 0 Å². The first-order valence-electron chi connectivity index (χ1n) is 8.73. The summed E-state index contributed by atoms with van der Waals surface area (Å²) < 4.78 is 16.5. The Kier molecular flexibility index (Phi) is 7.36. The van der Waals surface area contributed by atoms with Crippen molar-refractivity contribution in [2.45, 2.75) is 39.9 Å². The van der Waals surface area contributed by atoms with Crippen molar-refractivity contribution in [2.75, 3.05) is 13.2 Å². The van der Waals surface area contributed by atoms with E-state index in [-0.39, 0.29) is 30.1 Å². The lowest BCUT2D eigenvalue weighted by Crippen LogP contribution is -2.25. The van der Waals surface area contributed by atoms with E-state index < -0.39 is 4.92 Å². The number of hydrogen-bond acceptors (Lipinski definition) is 6.